The van der Waals surface area contributed by atoms with Crippen molar-refractivity contribution in [1.82, 2.24) is 19.5 Å². The van der Waals surface area contributed by atoms with Gasteiger partial charge in [0.2, 0.25) is 5.28 Å². The Morgan fingerprint density at radius 3 is 2.61 bits per heavy atom. The molecule has 0 atom stereocenters. The van der Waals surface area contributed by atoms with Crippen LogP contribution in [0.1, 0.15) is 5.82 Å². The highest BCUT2D eigenvalue weighted by Gasteiger charge is 2.13. The van der Waals surface area contributed by atoms with Gasteiger partial charge in [-0.3, -0.25) is 9.36 Å². The van der Waals surface area contributed by atoms with Crippen molar-refractivity contribution in [2.24, 2.45) is 0 Å². The van der Waals surface area contributed by atoms with Crippen LogP contribution in [0.2, 0.25) is 10.4 Å². The standard InChI is InChI=1S/C10H10Cl2N4O2/c1-5-13-6-7(14-10(12)15-8(6)11)9(17)16(5)3-4-18-2/h3-4H2,1-2H3. The van der Waals surface area contributed by atoms with Crippen LogP contribution in [0, 0.1) is 6.92 Å². The van der Waals surface area contributed by atoms with E-state index in [2.05, 4.69) is 15.0 Å². The first kappa shape index (κ1) is 13.2. The van der Waals surface area contributed by atoms with Crippen LogP contribution in [0.4, 0.5) is 0 Å². The lowest BCUT2D eigenvalue weighted by atomic mass is 10.4. The number of aromatic nitrogens is 4. The number of nitrogens with zero attached hydrogens (tertiary/aromatic N) is 4. The van der Waals surface area contributed by atoms with Gasteiger partial charge < -0.3 is 4.74 Å². The van der Waals surface area contributed by atoms with E-state index in [1.54, 1.807) is 14.0 Å². The number of rotatable bonds is 3. The summed E-state index contributed by atoms with van der Waals surface area (Å²) in [7, 11) is 1.56. The van der Waals surface area contributed by atoms with E-state index in [4.69, 9.17) is 27.9 Å². The number of hydrogen-bond acceptors (Lipinski definition) is 5. The smallest absolute Gasteiger partial charge is 0.280 e. The average Bonchev–Trinajstić information content (AvgIpc) is 2.31. The van der Waals surface area contributed by atoms with Gasteiger partial charge in [0.05, 0.1) is 13.2 Å². The lowest BCUT2D eigenvalue weighted by Gasteiger charge is -2.10. The molecule has 0 N–H and O–H groups in total. The van der Waals surface area contributed by atoms with Crippen LogP contribution in [0.3, 0.4) is 0 Å². The normalized spacial score (nSPS) is 11.1. The van der Waals surface area contributed by atoms with Crippen molar-refractivity contribution in [2.75, 3.05) is 13.7 Å². The second-order valence-corrected chi connectivity index (χ2v) is 4.29. The minimum absolute atomic E-state index is 0.0732. The summed E-state index contributed by atoms with van der Waals surface area (Å²) in [6, 6.07) is 0. The predicted molar refractivity (Wildman–Crippen MR) is 68.2 cm³/mol. The van der Waals surface area contributed by atoms with Gasteiger partial charge in [0.15, 0.2) is 10.7 Å². The molecule has 0 amide bonds. The van der Waals surface area contributed by atoms with Crippen molar-refractivity contribution < 1.29 is 4.74 Å². The van der Waals surface area contributed by atoms with Crippen LogP contribution in [0.15, 0.2) is 4.79 Å². The zero-order chi connectivity index (χ0) is 13.3. The van der Waals surface area contributed by atoms with Crippen molar-refractivity contribution in [3.63, 3.8) is 0 Å². The Balaban J connectivity index is 2.73. The summed E-state index contributed by atoms with van der Waals surface area (Å²) < 4.78 is 6.41. The number of methoxy groups -OCH3 is 1. The maximum Gasteiger partial charge on any atom is 0.280 e. The Hall–Kier alpha value is -1.24. The van der Waals surface area contributed by atoms with Crippen molar-refractivity contribution in [3.05, 3.63) is 26.6 Å². The topological polar surface area (TPSA) is 69.9 Å². The lowest BCUT2D eigenvalue weighted by molar-refractivity contribution is 0.185. The first-order chi connectivity index (χ1) is 8.54. The Kier molecular flexibility index (Phi) is 3.79. The van der Waals surface area contributed by atoms with E-state index in [1.165, 1.54) is 4.57 Å². The van der Waals surface area contributed by atoms with Crippen molar-refractivity contribution in [1.29, 1.82) is 0 Å². The van der Waals surface area contributed by atoms with E-state index in [0.29, 0.717) is 19.0 Å². The molecular weight excluding hydrogens is 279 g/mol. The molecule has 18 heavy (non-hydrogen) atoms. The second-order valence-electron chi connectivity index (χ2n) is 3.59. The molecule has 0 aliphatic heterocycles. The summed E-state index contributed by atoms with van der Waals surface area (Å²) in [6.07, 6.45) is 0. The first-order valence-electron chi connectivity index (χ1n) is 5.13. The van der Waals surface area contributed by atoms with E-state index < -0.39 is 0 Å². The fourth-order valence-electron chi connectivity index (χ4n) is 1.59. The number of halogens is 2. The van der Waals surface area contributed by atoms with Crippen molar-refractivity contribution in [2.45, 2.75) is 13.5 Å². The van der Waals surface area contributed by atoms with E-state index in [0.717, 1.165) is 0 Å². The molecule has 0 spiro atoms. The number of ether oxygens (including phenoxy) is 1. The van der Waals surface area contributed by atoms with Gasteiger partial charge in [-0.15, -0.1) is 0 Å². The number of fused-ring (bicyclic) bond motifs is 1. The number of aryl methyl sites for hydroxylation is 1. The minimum atomic E-state index is -0.305. The SMILES string of the molecule is COCCn1c(C)nc2c(Cl)nc(Cl)nc2c1=O. The molecule has 0 saturated carbocycles. The Bertz CT molecular complexity index is 656. The van der Waals surface area contributed by atoms with Gasteiger partial charge in [0.25, 0.3) is 5.56 Å². The molecule has 0 aliphatic carbocycles. The highest BCUT2D eigenvalue weighted by Crippen LogP contribution is 2.17. The van der Waals surface area contributed by atoms with Crippen LogP contribution >= 0.6 is 23.2 Å². The summed E-state index contributed by atoms with van der Waals surface area (Å²) in [6.45, 7) is 2.51. The van der Waals surface area contributed by atoms with Gasteiger partial charge in [0, 0.05) is 7.11 Å². The molecule has 0 aromatic carbocycles. The van der Waals surface area contributed by atoms with Crippen LogP contribution in [0.5, 0.6) is 0 Å². The molecule has 2 aromatic rings. The summed E-state index contributed by atoms with van der Waals surface area (Å²) in [5.41, 5.74) is 0.0692. The van der Waals surface area contributed by atoms with E-state index in [1.807, 2.05) is 0 Å². The molecule has 0 unspecified atom stereocenters. The molecule has 0 saturated heterocycles. The maximum atomic E-state index is 12.2. The highest BCUT2D eigenvalue weighted by atomic mass is 35.5. The molecule has 6 nitrogen and oxygen atoms in total. The largest absolute Gasteiger partial charge is 0.383 e. The first-order valence-corrected chi connectivity index (χ1v) is 5.89. The molecular formula is C10H10Cl2N4O2. The second kappa shape index (κ2) is 5.17. The maximum absolute atomic E-state index is 12.2. The Morgan fingerprint density at radius 2 is 1.94 bits per heavy atom. The highest BCUT2D eigenvalue weighted by molar-refractivity contribution is 6.35. The summed E-state index contributed by atoms with van der Waals surface area (Å²) in [4.78, 5) is 24.1. The lowest BCUT2D eigenvalue weighted by Crippen LogP contribution is -2.26. The molecule has 2 rings (SSSR count). The zero-order valence-electron chi connectivity index (χ0n) is 9.78. The molecule has 8 heteroatoms. The summed E-state index contributed by atoms with van der Waals surface area (Å²) >= 11 is 11.6. The van der Waals surface area contributed by atoms with Crippen LogP contribution in [-0.4, -0.2) is 33.2 Å². The van der Waals surface area contributed by atoms with Gasteiger partial charge in [0.1, 0.15) is 11.3 Å². The minimum Gasteiger partial charge on any atom is -0.383 e. The third-order valence-corrected chi connectivity index (χ3v) is 2.88. The summed E-state index contributed by atoms with van der Waals surface area (Å²) in [5, 5.41) is -0.00219. The monoisotopic (exact) mass is 288 g/mol. The average molecular weight is 289 g/mol. The summed E-state index contributed by atoms with van der Waals surface area (Å²) in [5.74, 6) is 0.525. The van der Waals surface area contributed by atoms with Gasteiger partial charge in [-0.05, 0) is 18.5 Å². The molecule has 0 bridgehead atoms. The van der Waals surface area contributed by atoms with Gasteiger partial charge in [-0.2, -0.15) is 0 Å². The van der Waals surface area contributed by atoms with Gasteiger partial charge >= 0.3 is 0 Å². The van der Waals surface area contributed by atoms with Crippen LogP contribution < -0.4 is 5.56 Å². The van der Waals surface area contributed by atoms with E-state index in [9.17, 15) is 4.79 Å². The van der Waals surface area contributed by atoms with Crippen molar-refractivity contribution >= 4 is 34.2 Å². The Morgan fingerprint density at radius 1 is 1.22 bits per heavy atom. The molecule has 96 valence electrons. The fourth-order valence-corrected chi connectivity index (χ4v) is 2.02. The third kappa shape index (κ3) is 2.31. The van der Waals surface area contributed by atoms with E-state index >= 15 is 0 Å². The molecule has 2 heterocycles. The molecule has 2 aromatic heterocycles. The Labute approximate surface area is 113 Å². The number of hydrogen-bond donors (Lipinski definition) is 0. The van der Waals surface area contributed by atoms with Gasteiger partial charge in [-0.1, -0.05) is 11.6 Å². The zero-order valence-corrected chi connectivity index (χ0v) is 11.3. The van der Waals surface area contributed by atoms with Crippen LogP contribution in [-0.2, 0) is 11.3 Å². The molecule has 0 aliphatic rings. The third-order valence-electron chi connectivity index (χ3n) is 2.45. The van der Waals surface area contributed by atoms with Crippen LogP contribution in [0.25, 0.3) is 11.0 Å². The fraction of sp³-hybridized carbons (Fsp3) is 0.400. The van der Waals surface area contributed by atoms with Gasteiger partial charge in [-0.25, -0.2) is 15.0 Å². The molecule has 0 radical (unpaired) electrons. The quantitative estimate of drug-likeness (QED) is 0.631. The van der Waals surface area contributed by atoms with E-state index in [-0.39, 0.29) is 27.0 Å². The predicted octanol–water partition coefficient (Wildman–Crippen LogP) is 1.45. The molecule has 0 fully saturated rings. The van der Waals surface area contributed by atoms with Crippen molar-refractivity contribution in [3.8, 4) is 0 Å².